The molecule has 2 atom stereocenters. The van der Waals surface area contributed by atoms with Gasteiger partial charge in [-0.2, -0.15) is 0 Å². The molecule has 1 heterocycles. The summed E-state index contributed by atoms with van der Waals surface area (Å²) in [5.74, 6) is 1.73. The zero-order valence-electron chi connectivity index (χ0n) is 11.0. The largest absolute Gasteiger partial charge is 0.461 e. The van der Waals surface area contributed by atoms with Crippen molar-refractivity contribution >= 4 is 11.0 Å². The van der Waals surface area contributed by atoms with Crippen molar-refractivity contribution < 1.29 is 4.42 Å². The summed E-state index contributed by atoms with van der Waals surface area (Å²) in [6.07, 6.45) is 5.04. The molecule has 0 saturated heterocycles. The van der Waals surface area contributed by atoms with E-state index in [1.54, 1.807) is 0 Å². The highest BCUT2D eigenvalue weighted by atomic mass is 16.3. The predicted molar refractivity (Wildman–Crippen MR) is 74.9 cm³/mol. The smallest absolute Gasteiger partial charge is 0.134 e. The fraction of sp³-hybridized carbons (Fsp3) is 0.500. The van der Waals surface area contributed by atoms with Gasteiger partial charge in [-0.25, -0.2) is 0 Å². The first kappa shape index (κ1) is 11.8. The molecule has 1 saturated carbocycles. The van der Waals surface area contributed by atoms with Gasteiger partial charge >= 0.3 is 0 Å². The number of furan rings is 1. The molecule has 1 fully saturated rings. The number of fused-ring (bicyclic) bond motifs is 1. The van der Waals surface area contributed by atoms with Crippen molar-refractivity contribution in [3.63, 3.8) is 0 Å². The molecule has 0 bridgehead atoms. The molecule has 3 rings (SSSR count). The summed E-state index contributed by atoms with van der Waals surface area (Å²) in [6, 6.07) is 11.1. The van der Waals surface area contributed by atoms with E-state index in [1.165, 1.54) is 36.8 Å². The number of benzene rings is 1. The van der Waals surface area contributed by atoms with Crippen LogP contribution in [0.15, 0.2) is 34.7 Å². The van der Waals surface area contributed by atoms with E-state index >= 15 is 0 Å². The predicted octanol–water partition coefficient (Wildman–Crippen LogP) is 4.07. The molecule has 1 aliphatic rings. The zero-order chi connectivity index (χ0) is 12.4. The lowest BCUT2D eigenvalue weighted by molar-refractivity contribution is 0.416. The molecule has 1 aromatic carbocycles. The van der Waals surface area contributed by atoms with Crippen LogP contribution in [0.5, 0.6) is 0 Å². The Bertz CT molecular complexity index is 484. The highest BCUT2D eigenvalue weighted by Gasteiger charge is 2.30. The third-order valence-corrected chi connectivity index (χ3v) is 3.98. The van der Waals surface area contributed by atoms with Crippen LogP contribution in [0.4, 0.5) is 0 Å². The Balaban J connectivity index is 1.84. The maximum atomic E-state index is 6.02. The molecule has 1 aromatic heterocycles. The fourth-order valence-corrected chi connectivity index (χ4v) is 3.06. The first-order valence-corrected chi connectivity index (χ1v) is 7.10. The van der Waals surface area contributed by atoms with Gasteiger partial charge in [0.1, 0.15) is 11.3 Å². The van der Waals surface area contributed by atoms with Crippen LogP contribution in [0, 0.1) is 0 Å². The van der Waals surface area contributed by atoms with Gasteiger partial charge in [0.05, 0.1) is 0 Å². The minimum atomic E-state index is 0.559. The van der Waals surface area contributed by atoms with Gasteiger partial charge in [0, 0.05) is 17.3 Å². The van der Waals surface area contributed by atoms with Crippen molar-refractivity contribution in [1.29, 1.82) is 0 Å². The van der Waals surface area contributed by atoms with Crippen LogP contribution >= 0.6 is 0 Å². The maximum Gasteiger partial charge on any atom is 0.134 e. The van der Waals surface area contributed by atoms with Gasteiger partial charge < -0.3 is 9.73 Å². The maximum absolute atomic E-state index is 6.02. The number of rotatable bonds is 4. The molecule has 2 aromatic rings. The van der Waals surface area contributed by atoms with E-state index < -0.39 is 0 Å². The summed E-state index contributed by atoms with van der Waals surface area (Å²) in [4.78, 5) is 0. The lowest BCUT2D eigenvalue weighted by Gasteiger charge is -2.18. The second kappa shape index (κ2) is 5.15. The first-order valence-electron chi connectivity index (χ1n) is 7.10. The van der Waals surface area contributed by atoms with Crippen molar-refractivity contribution in [2.45, 2.75) is 44.6 Å². The average Bonchev–Trinajstić information content (AvgIpc) is 3.01. The molecule has 1 N–H and O–H groups in total. The molecule has 0 spiro atoms. The van der Waals surface area contributed by atoms with Crippen LogP contribution in [-0.2, 0) is 0 Å². The Kier molecular flexibility index (Phi) is 3.37. The Labute approximate surface area is 108 Å². The molecule has 0 radical (unpaired) electrons. The van der Waals surface area contributed by atoms with Crippen molar-refractivity contribution in [2.24, 2.45) is 0 Å². The van der Waals surface area contributed by atoms with Gasteiger partial charge in [0.25, 0.3) is 0 Å². The highest BCUT2D eigenvalue weighted by Crippen LogP contribution is 2.37. The second-order valence-corrected chi connectivity index (χ2v) is 5.28. The van der Waals surface area contributed by atoms with Crippen molar-refractivity contribution in [1.82, 2.24) is 5.32 Å². The van der Waals surface area contributed by atoms with Crippen LogP contribution in [0.3, 0.4) is 0 Å². The molecule has 18 heavy (non-hydrogen) atoms. The van der Waals surface area contributed by atoms with Gasteiger partial charge in [0.15, 0.2) is 0 Å². The van der Waals surface area contributed by atoms with Crippen LogP contribution in [0.25, 0.3) is 11.0 Å². The highest BCUT2D eigenvalue weighted by molar-refractivity contribution is 5.77. The van der Waals surface area contributed by atoms with Crippen LogP contribution < -0.4 is 5.32 Å². The molecule has 1 aliphatic carbocycles. The summed E-state index contributed by atoms with van der Waals surface area (Å²) in [5.41, 5.74) is 1.02. The third-order valence-electron chi connectivity index (χ3n) is 3.98. The quantitative estimate of drug-likeness (QED) is 0.875. The summed E-state index contributed by atoms with van der Waals surface area (Å²) < 4.78 is 6.02. The summed E-state index contributed by atoms with van der Waals surface area (Å²) in [5, 5.41) is 4.89. The standard InChI is InChI=1S/C16H21NO/c1-2-10-17-14-8-5-7-13(14)16-11-12-6-3-4-9-15(12)18-16/h3-4,6,9,11,13-14,17H,2,5,7-8,10H2,1H3. The second-order valence-electron chi connectivity index (χ2n) is 5.28. The normalized spacial score (nSPS) is 23.8. The summed E-state index contributed by atoms with van der Waals surface area (Å²) in [6.45, 7) is 3.33. The van der Waals surface area contributed by atoms with Crippen LogP contribution in [0.2, 0.25) is 0 Å². The third kappa shape index (κ3) is 2.17. The minimum absolute atomic E-state index is 0.559. The monoisotopic (exact) mass is 243 g/mol. The molecule has 0 aliphatic heterocycles. The van der Waals surface area contributed by atoms with Gasteiger partial charge in [-0.15, -0.1) is 0 Å². The van der Waals surface area contributed by atoms with E-state index in [9.17, 15) is 0 Å². The van der Waals surface area contributed by atoms with Crippen molar-refractivity contribution in [3.8, 4) is 0 Å². The van der Waals surface area contributed by atoms with Crippen LogP contribution in [0.1, 0.15) is 44.3 Å². The average molecular weight is 243 g/mol. The Morgan fingerprint density at radius 3 is 3.00 bits per heavy atom. The van der Waals surface area contributed by atoms with Gasteiger partial charge in [-0.3, -0.25) is 0 Å². The molecule has 2 nitrogen and oxygen atoms in total. The zero-order valence-corrected chi connectivity index (χ0v) is 11.0. The topological polar surface area (TPSA) is 25.2 Å². The molecule has 2 unspecified atom stereocenters. The van der Waals surface area contributed by atoms with E-state index in [2.05, 4.69) is 36.5 Å². The molecular formula is C16H21NO. The first-order chi connectivity index (χ1) is 8.88. The van der Waals surface area contributed by atoms with E-state index in [0.717, 1.165) is 12.1 Å². The van der Waals surface area contributed by atoms with E-state index in [0.29, 0.717) is 12.0 Å². The van der Waals surface area contributed by atoms with Crippen LogP contribution in [-0.4, -0.2) is 12.6 Å². The number of para-hydroxylation sites is 1. The lowest BCUT2D eigenvalue weighted by atomic mass is 10.00. The van der Waals surface area contributed by atoms with Gasteiger partial charge in [-0.1, -0.05) is 31.5 Å². The Morgan fingerprint density at radius 2 is 2.17 bits per heavy atom. The van der Waals surface area contributed by atoms with Gasteiger partial charge in [-0.05, 0) is 37.9 Å². The Morgan fingerprint density at radius 1 is 1.28 bits per heavy atom. The van der Waals surface area contributed by atoms with E-state index in [-0.39, 0.29) is 0 Å². The van der Waals surface area contributed by atoms with Crippen molar-refractivity contribution in [3.05, 3.63) is 36.1 Å². The number of nitrogens with one attached hydrogen (secondary N) is 1. The Hall–Kier alpha value is -1.28. The van der Waals surface area contributed by atoms with E-state index in [4.69, 9.17) is 4.42 Å². The molecular weight excluding hydrogens is 222 g/mol. The molecule has 2 heteroatoms. The fourth-order valence-electron chi connectivity index (χ4n) is 3.06. The number of hydrogen-bond acceptors (Lipinski definition) is 2. The summed E-state index contributed by atoms with van der Waals surface area (Å²) >= 11 is 0. The lowest BCUT2D eigenvalue weighted by Crippen LogP contribution is -2.31. The molecule has 96 valence electrons. The van der Waals surface area contributed by atoms with E-state index in [1.807, 2.05) is 6.07 Å². The molecule has 0 amide bonds. The minimum Gasteiger partial charge on any atom is -0.461 e. The number of hydrogen-bond donors (Lipinski definition) is 1. The SMILES string of the molecule is CCCNC1CCCC1c1cc2ccccc2o1. The van der Waals surface area contributed by atoms with Crippen molar-refractivity contribution in [2.75, 3.05) is 6.54 Å². The van der Waals surface area contributed by atoms with Gasteiger partial charge in [0.2, 0.25) is 0 Å². The summed E-state index contributed by atoms with van der Waals surface area (Å²) in [7, 11) is 0.